The summed E-state index contributed by atoms with van der Waals surface area (Å²) >= 11 is 0. The molecular weight excluding hydrogens is 276 g/mol. The van der Waals surface area contributed by atoms with Crippen molar-refractivity contribution in [1.29, 1.82) is 0 Å². The molecule has 0 bridgehead atoms. The van der Waals surface area contributed by atoms with E-state index in [9.17, 15) is 4.79 Å². The average molecular weight is 296 g/mol. The smallest absolute Gasteiger partial charge is 0.167 e. The van der Waals surface area contributed by atoms with Gasteiger partial charge in [-0.1, -0.05) is 42.5 Å². The Kier molecular flexibility index (Phi) is 4.54. The standard InChI is InChI=1S/C19H20O3/c1-14-6-5-9-18-19(14)17(20)10-16(13-22-18)12-21-11-15-7-3-2-4-8-15/h2-9,16H,10-13H2,1H3/t16-/m0/s1. The van der Waals surface area contributed by atoms with E-state index in [0.717, 1.165) is 16.7 Å². The molecule has 0 spiro atoms. The first kappa shape index (κ1) is 14.8. The van der Waals surface area contributed by atoms with Gasteiger partial charge in [0.2, 0.25) is 0 Å². The molecular formula is C19H20O3. The lowest BCUT2D eigenvalue weighted by Crippen LogP contribution is -2.18. The Morgan fingerprint density at radius 1 is 1.14 bits per heavy atom. The van der Waals surface area contributed by atoms with Crippen LogP contribution in [0.1, 0.15) is 27.9 Å². The minimum absolute atomic E-state index is 0.100. The molecule has 1 aliphatic heterocycles. The van der Waals surface area contributed by atoms with Crippen molar-refractivity contribution in [2.24, 2.45) is 5.92 Å². The van der Waals surface area contributed by atoms with E-state index in [2.05, 4.69) is 0 Å². The quantitative estimate of drug-likeness (QED) is 0.861. The summed E-state index contributed by atoms with van der Waals surface area (Å²) in [5, 5.41) is 0. The van der Waals surface area contributed by atoms with E-state index in [0.29, 0.717) is 32.0 Å². The van der Waals surface area contributed by atoms with Crippen LogP contribution in [-0.4, -0.2) is 19.0 Å². The highest BCUT2D eigenvalue weighted by molar-refractivity contribution is 6.00. The van der Waals surface area contributed by atoms with Gasteiger partial charge in [-0.2, -0.15) is 0 Å². The molecule has 0 aliphatic carbocycles. The summed E-state index contributed by atoms with van der Waals surface area (Å²) in [4.78, 5) is 12.4. The van der Waals surface area contributed by atoms with E-state index in [1.807, 2.05) is 55.5 Å². The highest BCUT2D eigenvalue weighted by Crippen LogP contribution is 2.28. The summed E-state index contributed by atoms with van der Waals surface area (Å²) in [6.45, 7) is 3.58. The lowest BCUT2D eigenvalue weighted by molar-refractivity contribution is 0.0628. The van der Waals surface area contributed by atoms with Crippen LogP contribution in [0.5, 0.6) is 5.75 Å². The molecule has 1 atom stereocenters. The molecule has 0 N–H and O–H groups in total. The molecule has 3 nitrogen and oxygen atoms in total. The van der Waals surface area contributed by atoms with Gasteiger partial charge in [-0.15, -0.1) is 0 Å². The van der Waals surface area contributed by atoms with Crippen LogP contribution in [0.3, 0.4) is 0 Å². The van der Waals surface area contributed by atoms with Gasteiger partial charge in [0.1, 0.15) is 5.75 Å². The number of ether oxygens (including phenoxy) is 2. The molecule has 22 heavy (non-hydrogen) atoms. The molecule has 0 fully saturated rings. The van der Waals surface area contributed by atoms with Crippen molar-refractivity contribution in [3.05, 3.63) is 65.2 Å². The minimum Gasteiger partial charge on any atom is -0.492 e. The summed E-state index contributed by atoms with van der Waals surface area (Å²) in [5.74, 6) is 0.956. The molecule has 0 aromatic heterocycles. The van der Waals surface area contributed by atoms with Crippen LogP contribution in [-0.2, 0) is 11.3 Å². The van der Waals surface area contributed by atoms with Gasteiger partial charge in [0, 0.05) is 12.3 Å². The number of carbonyl (C=O) groups is 1. The van der Waals surface area contributed by atoms with E-state index >= 15 is 0 Å². The van der Waals surface area contributed by atoms with Crippen LogP contribution in [0.15, 0.2) is 48.5 Å². The Balaban J connectivity index is 1.59. The Labute approximate surface area is 130 Å². The van der Waals surface area contributed by atoms with E-state index < -0.39 is 0 Å². The Morgan fingerprint density at radius 2 is 1.95 bits per heavy atom. The number of hydrogen-bond donors (Lipinski definition) is 0. The maximum Gasteiger partial charge on any atom is 0.167 e. The normalized spacial score (nSPS) is 17.5. The van der Waals surface area contributed by atoms with Gasteiger partial charge >= 0.3 is 0 Å². The maximum absolute atomic E-state index is 12.4. The predicted octanol–water partition coefficient (Wildman–Crippen LogP) is 3.79. The Morgan fingerprint density at radius 3 is 2.77 bits per heavy atom. The van der Waals surface area contributed by atoms with Gasteiger partial charge in [0.05, 0.1) is 25.4 Å². The van der Waals surface area contributed by atoms with Crippen LogP contribution in [0, 0.1) is 12.8 Å². The van der Waals surface area contributed by atoms with Crippen LogP contribution in [0.25, 0.3) is 0 Å². The third-order valence-corrected chi connectivity index (χ3v) is 3.93. The van der Waals surface area contributed by atoms with Gasteiger partial charge < -0.3 is 9.47 Å². The number of Topliss-reactive ketones (excluding diaryl/α,β-unsaturated/α-hetero) is 1. The largest absolute Gasteiger partial charge is 0.492 e. The zero-order valence-corrected chi connectivity index (χ0v) is 12.7. The zero-order chi connectivity index (χ0) is 15.4. The Bertz CT molecular complexity index is 649. The topological polar surface area (TPSA) is 35.5 Å². The lowest BCUT2D eigenvalue weighted by atomic mass is 9.97. The molecule has 1 heterocycles. The number of rotatable bonds is 4. The number of carbonyl (C=O) groups excluding carboxylic acids is 1. The van der Waals surface area contributed by atoms with E-state index in [1.165, 1.54) is 0 Å². The molecule has 0 amide bonds. The highest BCUT2D eigenvalue weighted by Gasteiger charge is 2.25. The maximum atomic E-state index is 12.4. The fraction of sp³-hybridized carbons (Fsp3) is 0.316. The van der Waals surface area contributed by atoms with Gasteiger partial charge in [0.15, 0.2) is 5.78 Å². The highest BCUT2D eigenvalue weighted by atomic mass is 16.5. The monoisotopic (exact) mass is 296 g/mol. The van der Waals surface area contributed by atoms with Crippen LogP contribution >= 0.6 is 0 Å². The first-order valence-electron chi connectivity index (χ1n) is 7.61. The number of aryl methyl sites for hydroxylation is 1. The van der Waals surface area contributed by atoms with Crippen LogP contribution < -0.4 is 4.74 Å². The molecule has 3 heteroatoms. The van der Waals surface area contributed by atoms with E-state index in [4.69, 9.17) is 9.47 Å². The van der Waals surface area contributed by atoms with Crippen molar-refractivity contribution in [3.63, 3.8) is 0 Å². The van der Waals surface area contributed by atoms with Gasteiger partial charge in [-0.3, -0.25) is 4.79 Å². The molecule has 3 rings (SSSR count). The van der Waals surface area contributed by atoms with E-state index in [1.54, 1.807) is 0 Å². The third kappa shape index (κ3) is 3.37. The van der Waals surface area contributed by atoms with Gasteiger partial charge in [-0.25, -0.2) is 0 Å². The third-order valence-electron chi connectivity index (χ3n) is 3.93. The first-order valence-corrected chi connectivity index (χ1v) is 7.61. The van der Waals surface area contributed by atoms with Gasteiger partial charge in [0.25, 0.3) is 0 Å². The number of hydrogen-bond acceptors (Lipinski definition) is 3. The van der Waals surface area contributed by atoms with Crippen LogP contribution in [0.2, 0.25) is 0 Å². The molecule has 0 saturated carbocycles. The van der Waals surface area contributed by atoms with Crippen molar-refractivity contribution >= 4 is 5.78 Å². The molecule has 0 radical (unpaired) electrons. The number of fused-ring (bicyclic) bond motifs is 1. The summed E-state index contributed by atoms with van der Waals surface area (Å²) in [6.07, 6.45) is 0.479. The van der Waals surface area contributed by atoms with Gasteiger partial charge in [-0.05, 0) is 24.1 Å². The molecule has 0 unspecified atom stereocenters. The molecule has 0 saturated heterocycles. The number of benzene rings is 2. The average Bonchev–Trinajstić information content (AvgIpc) is 2.68. The Hall–Kier alpha value is -2.13. The van der Waals surface area contributed by atoms with Crippen LogP contribution in [0.4, 0.5) is 0 Å². The van der Waals surface area contributed by atoms with Crippen molar-refractivity contribution < 1.29 is 14.3 Å². The zero-order valence-electron chi connectivity index (χ0n) is 12.7. The summed E-state index contributed by atoms with van der Waals surface area (Å²) in [7, 11) is 0. The fourth-order valence-electron chi connectivity index (χ4n) is 2.77. The lowest BCUT2D eigenvalue weighted by Gasteiger charge is -2.13. The first-order chi connectivity index (χ1) is 10.7. The van der Waals surface area contributed by atoms with Crippen molar-refractivity contribution in [2.75, 3.05) is 13.2 Å². The number of ketones is 1. The summed E-state index contributed by atoms with van der Waals surface area (Å²) in [6, 6.07) is 15.8. The fourth-order valence-corrected chi connectivity index (χ4v) is 2.77. The summed E-state index contributed by atoms with van der Waals surface area (Å²) < 4.78 is 11.6. The second kappa shape index (κ2) is 6.75. The molecule has 114 valence electrons. The molecule has 2 aromatic rings. The predicted molar refractivity (Wildman–Crippen MR) is 85.2 cm³/mol. The van der Waals surface area contributed by atoms with E-state index in [-0.39, 0.29) is 11.7 Å². The van der Waals surface area contributed by atoms with Crippen molar-refractivity contribution in [2.45, 2.75) is 20.0 Å². The second-order valence-corrected chi connectivity index (χ2v) is 5.75. The molecule has 2 aromatic carbocycles. The molecule has 1 aliphatic rings. The summed E-state index contributed by atoms with van der Waals surface area (Å²) in [5.41, 5.74) is 2.85. The second-order valence-electron chi connectivity index (χ2n) is 5.75. The van der Waals surface area contributed by atoms with Crippen molar-refractivity contribution in [3.8, 4) is 5.75 Å². The minimum atomic E-state index is 0.100. The van der Waals surface area contributed by atoms with Crippen molar-refractivity contribution in [1.82, 2.24) is 0 Å². The SMILES string of the molecule is Cc1cccc2c1C(=O)C[C@@H](COCc1ccccc1)CO2.